The summed E-state index contributed by atoms with van der Waals surface area (Å²) in [5.41, 5.74) is 0.988. The van der Waals surface area contributed by atoms with Crippen molar-refractivity contribution in [1.29, 1.82) is 0 Å². The van der Waals surface area contributed by atoms with E-state index >= 15 is 0 Å². The molecule has 0 spiro atoms. The molecule has 2 saturated heterocycles. The summed E-state index contributed by atoms with van der Waals surface area (Å²) in [6.07, 6.45) is 5.65. The Balaban J connectivity index is 1.50. The maximum Gasteiger partial charge on any atom is 0.228 e. The molecule has 2 fully saturated rings. The number of methoxy groups -OCH3 is 1. The molecule has 4 rings (SSSR count). The SMILES string of the molecule is CCCCN1C(=O)C[C@H](C(=O)N2CCN(c3ncccn3)CC2)[C@@H]1c1ccc(OC)cc1. The summed E-state index contributed by atoms with van der Waals surface area (Å²) in [4.78, 5) is 41.0. The van der Waals surface area contributed by atoms with Gasteiger partial charge in [0.25, 0.3) is 0 Å². The van der Waals surface area contributed by atoms with Crippen LogP contribution in [-0.4, -0.2) is 71.4 Å². The number of carbonyl (C=O) groups excluding carboxylic acids is 2. The molecule has 2 aliphatic rings. The number of ether oxygens (including phenoxy) is 1. The zero-order valence-corrected chi connectivity index (χ0v) is 18.8. The third-order valence-corrected chi connectivity index (χ3v) is 6.39. The normalized spacial score (nSPS) is 21.2. The number of amides is 2. The van der Waals surface area contributed by atoms with Crippen molar-refractivity contribution in [3.63, 3.8) is 0 Å². The zero-order valence-electron chi connectivity index (χ0n) is 18.8. The van der Waals surface area contributed by atoms with Gasteiger partial charge in [-0.05, 0) is 30.2 Å². The zero-order chi connectivity index (χ0) is 22.5. The molecule has 8 heteroatoms. The fraction of sp³-hybridized carbons (Fsp3) is 0.500. The Hall–Kier alpha value is -3.16. The number of rotatable bonds is 7. The number of hydrogen-bond acceptors (Lipinski definition) is 6. The molecule has 0 bridgehead atoms. The topological polar surface area (TPSA) is 78.9 Å². The molecule has 2 atom stereocenters. The summed E-state index contributed by atoms with van der Waals surface area (Å²) in [6.45, 7) is 5.36. The van der Waals surface area contributed by atoms with Crippen molar-refractivity contribution in [2.45, 2.75) is 32.2 Å². The first-order chi connectivity index (χ1) is 15.6. The molecule has 2 aromatic rings. The maximum absolute atomic E-state index is 13.6. The largest absolute Gasteiger partial charge is 0.497 e. The Labute approximate surface area is 189 Å². The van der Waals surface area contributed by atoms with Gasteiger partial charge in [-0.25, -0.2) is 9.97 Å². The van der Waals surface area contributed by atoms with Gasteiger partial charge >= 0.3 is 0 Å². The number of nitrogens with zero attached hydrogens (tertiary/aromatic N) is 5. The Morgan fingerprint density at radius 3 is 2.41 bits per heavy atom. The highest BCUT2D eigenvalue weighted by Gasteiger charge is 2.45. The highest BCUT2D eigenvalue weighted by molar-refractivity contribution is 5.90. The molecule has 2 amide bonds. The predicted molar refractivity (Wildman–Crippen MR) is 121 cm³/mol. The first-order valence-electron chi connectivity index (χ1n) is 11.4. The lowest BCUT2D eigenvalue weighted by atomic mass is 9.92. The van der Waals surface area contributed by atoms with Crippen LogP contribution >= 0.6 is 0 Å². The van der Waals surface area contributed by atoms with Gasteiger partial charge < -0.3 is 19.4 Å². The average molecular weight is 438 g/mol. The molecule has 8 nitrogen and oxygen atoms in total. The molecule has 0 saturated carbocycles. The lowest BCUT2D eigenvalue weighted by molar-refractivity contribution is -0.136. The average Bonchev–Trinajstić information content (AvgIpc) is 3.18. The summed E-state index contributed by atoms with van der Waals surface area (Å²) in [5, 5.41) is 0. The van der Waals surface area contributed by atoms with Crippen LogP contribution in [0.5, 0.6) is 5.75 Å². The van der Waals surface area contributed by atoms with Crippen molar-refractivity contribution in [3.8, 4) is 5.75 Å². The van der Waals surface area contributed by atoms with Gasteiger partial charge in [-0.3, -0.25) is 9.59 Å². The Morgan fingerprint density at radius 1 is 1.09 bits per heavy atom. The van der Waals surface area contributed by atoms with Crippen LogP contribution < -0.4 is 9.64 Å². The third kappa shape index (κ3) is 4.54. The number of carbonyl (C=O) groups is 2. The van der Waals surface area contributed by atoms with Gasteiger partial charge in [-0.1, -0.05) is 25.5 Å². The number of piperazine rings is 1. The number of anilines is 1. The van der Waals surface area contributed by atoms with E-state index in [0.29, 0.717) is 38.7 Å². The number of likely N-dealkylation sites (tertiary alicyclic amines) is 1. The van der Waals surface area contributed by atoms with E-state index in [1.54, 1.807) is 25.6 Å². The van der Waals surface area contributed by atoms with Crippen molar-refractivity contribution in [1.82, 2.24) is 19.8 Å². The molecule has 170 valence electrons. The quantitative estimate of drug-likeness (QED) is 0.662. The molecular formula is C24H31N5O3. The van der Waals surface area contributed by atoms with Crippen molar-refractivity contribution >= 4 is 17.8 Å². The second-order valence-electron chi connectivity index (χ2n) is 8.33. The molecule has 32 heavy (non-hydrogen) atoms. The molecule has 0 N–H and O–H groups in total. The van der Waals surface area contributed by atoms with Crippen LogP contribution in [-0.2, 0) is 9.59 Å². The molecule has 2 aliphatic heterocycles. The predicted octanol–water partition coefficient (Wildman–Crippen LogP) is 2.52. The second kappa shape index (κ2) is 9.97. The molecule has 0 radical (unpaired) electrons. The molecular weight excluding hydrogens is 406 g/mol. The van der Waals surface area contributed by atoms with E-state index in [1.807, 2.05) is 34.1 Å². The summed E-state index contributed by atoms with van der Waals surface area (Å²) >= 11 is 0. The van der Waals surface area contributed by atoms with Gasteiger partial charge in [0.15, 0.2) is 0 Å². The van der Waals surface area contributed by atoms with Crippen LogP contribution in [0.25, 0.3) is 0 Å². The van der Waals surface area contributed by atoms with Gasteiger partial charge in [0, 0.05) is 51.5 Å². The van der Waals surface area contributed by atoms with Crippen LogP contribution in [0.4, 0.5) is 5.95 Å². The Morgan fingerprint density at radius 2 is 1.78 bits per heavy atom. The number of hydrogen-bond donors (Lipinski definition) is 0. The van der Waals surface area contributed by atoms with Crippen LogP contribution in [0.2, 0.25) is 0 Å². The van der Waals surface area contributed by atoms with Crippen LogP contribution in [0.3, 0.4) is 0 Å². The van der Waals surface area contributed by atoms with Gasteiger partial charge in [0.05, 0.1) is 19.1 Å². The Bertz CT molecular complexity index is 913. The monoisotopic (exact) mass is 437 g/mol. The first kappa shape index (κ1) is 22.0. The minimum Gasteiger partial charge on any atom is -0.497 e. The van der Waals surface area contributed by atoms with E-state index in [0.717, 1.165) is 24.2 Å². The standard InChI is InChI=1S/C24H31N5O3/c1-3-4-12-29-21(30)17-20(22(29)18-6-8-19(32-2)9-7-18)23(31)27-13-15-28(16-14-27)24-25-10-5-11-26-24/h5-11,20,22H,3-4,12-17H2,1-2H3/t20-,22-/m0/s1. The van der Waals surface area contributed by atoms with E-state index < -0.39 is 0 Å². The van der Waals surface area contributed by atoms with E-state index in [-0.39, 0.29) is 30.2 Å². The molecule has 0 unspecified atom stereocenters. The minimum atomic E-state index is -0.368. The highest BCUT2D eigenvalue weighted by Crippen LogP contribution is 2.40. The molecule has 1 aromatic heterocycles. The van der Waals surface area contributed by atoms with Crippen LogP contribution in [0.15, 0.2) is 42.7 Å². The van der Waals surface area contributed by atoms with Crippen molar-refractivity contribution < 1.29 is 14.3 Å². The third-order valence-electron chi connectivity index (χ3n) is 6.39. The van der Waals surface area contributed by atoms with E-state index in [2.05, 4.69) is 21.8 Å². The Kier molecular flexibility index (Phi) is 6.87. The van der Waals surface area contributed by atoms with Crippen molar-refractivity contribution in [3.05, 3.63) is 48.3 Å². The van der Waals surface area contributed by atoms with Crippen molar-refractivity contribution in [2.75, 3.05) is 44.7 Å². The highest BCUT2D eigenvalue weighted by atomic mass is 16.5. The first-order valence-corrected chi connectivity index (χ1v) is 11.4. The maximum atomic E-state index is 13.6. The lowest BCUT2D eigenvalue weighted by Gasteiger charge is -2.37. The van der Waals surface area contributed by atoms with Gasteiger partial charge in [0.2, 0.25) is 17.8 Å². The van der Waals surface area contributed by atoms with Crippen LogP contribution in [0, 0.1) is 5.92 Å². The van der Waals surface area contributed by atoms with Crippen LogP contribution in [0.1, 0.15) is 37.8 Å². The van der Waals surface area contributed by atoms with Gasteiger partial charge in [0.1, 0.15) is 5.75 Å². The molecule has 3 heterocycles. The minimum absolute atomic E-state index is 0.0618. The van der Waals surface area contributed by atoms with E-state index in [1.165, 1.54) is 0 Å². The van der Waals surface area contributed by atoms with E-state index in [9.17, 15) is 9.59 Å². The smallest absolute Gasteiger partial charge is 0.228 e. The lowest BCUT2D eigenvalue weighted by Crippen LogP contribution is -2.51. The van der Waals surface area contributed by atoms with Gasteiger partial charge in [-0.15, -0.1) is 0 Å². The number of benzene rings is 1. The second-order valence-corrected chi connectivity index (χ2v) is 8.33. The molecule has 0 aliphatic carbocycles. The number of aromatic nitrogens is 2. The fourth-order valence-electron chi connectivity index (χ4n) is 4.63. The summed E-state index contributed by atoms with van der Waals surface area (Å²) in [7, 11) is 1.63. The summed E-state index contributed by atoms with van der Waals surface area (Å²) < 4.78 is 5.29. The number of unbranched alkanes of at least 4 members (excludes halogenated alkanes) is 1. The van der Waals surface area contributed by atoms with E-state index in [4.69, 9.17) is 4.74 Å². The molecule has 1 aromatic carbocycles. The van der Waals surface area contributed by atoms with Gasteiger partial charge in [-0.2, -0.15) is 0 Å². The van der Waals surface area contributed by atoms with Crippen molar-refractivity contribution in [2.24, 2.45) is 5.92 Å². The summed E-state index contributed by atoms with van der Waals surface area (Å²) in [6, 6.07) is 9.32. The fourth-order valence-corrected chi connectivity index (χ4v) is 4.63. The summed E-state index contributed by atoms with van der Waals surface area (Å²) in [5.74, 6) is 1.21.